The second-order valence-electron chi connectivity index (χ2n) is 3.26. The minimum atomic E-state index is 0.593. The Morgan fingerprint density at radius 3 is 2.40 bits per heavy atom. The number of pyridine rings is 1. The van der Waals surface area contributed by atoms with Crippen LogP contribution in [-0.2, 0) is 0 Å². The number of hydrogen-bond donors (Lipinski definition) is 0. The van der Waals surface area contributed by atoms with Crippen LogP contribution in [0.4, 0.5) is 0 Å². The van der Waals surface area contributed by atoms with Gasteiger partial charge in [0.25, 0.3) is 0 Å². The Morgan fingerprint density at radius 1 is 1.05 bits per heavy atom. The molecule has 0 atom stereocenters. The molecule has 0 spiro atoms. The minimum absolute atomic E-state index is 0.593. The molecule has 0 radical (unpaired) electrons. The molecule has 0 aromatic carbocycles. The van der Waals surface area contributed by atoms with Crippen molar-refractivity contribution in [1.82, 2.24) is 15.0 Å². The van der Waals surface area contributed by atoms with Gasteiger partial charge in [-0.3, -0.25) is 4.98 Å². The lowest BCUT2D eigenvalue weighted by atomic mass is 10.3. The van der Waals surface area contributed by atoms with Gasteiger partial charge in [-0.1, -0.05) is 17.5 Å². The second kappa shape index (κ2) is 8.12. The highest BCUT2D eigenvalue weighted by molar-refractivity contribution is 9.11. The van der Waals surface area contributed by atoms with Crippen LogP contribution < -0.4 is 0 Å². The van der Waals surface area contributed by atoms with Gasteiger partial charge in [0.2, 0.25) is 0 Å². The first kappa shape index (κ1) is 15.1. The van der Waals surface area contributed by atoms with E-state index in [0.29, 0.717) is 5.02 Å². The Balaban J connectivity index is 0.000000205. The number of rotatable bonds is 0. The van der Waals surface area contributed by atoms with Gasteiger partial charge in [-0.2, -0.15) is 0 Å². The van der Waals surface area contributed by atoms with Crippen molar-refractivity contribution in [3.63, 3.8) is 0 Å². The zero-order chi connectivity index (χ0) is 14.2. The highest BCUT2D eigenvalue weighted by Crippen LogP contribution is 2.10. The summed E-state index contributed by atoms with van der Waals surface area (Å²) in [5.41, 5.74) is 0.799. The normalized spacial score (nSPS) is 9.10. The predicted molar refractivity (Wildman–Crippen MR) is 87.2 cm³/mol. The smallest absolute Gasteiger partial charge is 0.167 e. The van der Waals surface area contributed by atoms with Gasteiger partial charge >= 0.3 is 0 Å². The average molecular weight is 385 g/mol. The van der Waals surface area contributed by atoms with Gasteiger partial charge in [-0.25, -0.2) is 9.97 Å². The third kappa shape index (κ3) is 5.39. The lowest BCUT2D eigenvalue weighted by Crippen LogP contribution is -1.77. The van der Waals surface area contributed by atoms with Crippen LogP contribution in [0.5, 0.6) is 0 Å². The summed E-state index contributed by atoms with van der Waals surface area (Å²) in [7, 11) is 0. The maximum Gasteiger partial charge on any atom is 0.167 e. The van der Waals surface area contributed by atoms with Gasteiger partial charge in [0, 0.05) is 41.1 Å². The van der Waals surface area contributed by atoms with E-state index >= 15 is 0 Å². The largest absolute Gasteiger partial charge is 0.262 e. The SMILES string of the molecule is Brc1nccs1.Clc1cncc(C#Cc2nccs2)c1. The summed E-state index contributed by atoms with van der Waals surface area (Å²) in [4.78, 5) is 11.8. The Hall–Kier alpha value is -1.26. The van der Waals surface area contributed by atoms with E-state index in [1.54, 1.807) is 42.2 Å². The van der Waals surface area contributed by atoms with Crippen molar-refractivity contribution in [1.29, 1.82) is 0 Å². The van der Waals surface area contributed by atoms with E-state index in [-0.39, 0.29) is 0 Å². The van der Waals surface area contributed by atoms with Crippen molar-refractivity contribution in [3.05, 3.63) is 61.1 Å². The molecule has 0 aliphatic carbocycles. The third-order valence-electron chi connectivity index (χ3n) is 1.85. The first-order chi connectivity index (χ1) is 9.74. The summed E-state index contributed by atoms with van der Waals surface area (Å²) in [5, 5.41) is 5.20. The van der Waals surface area contributed by atoms with Crippen LogP contribution in [0.3, 0.4) is 0 Å². The molecule has 0 fully saturated rings. The van der Waals surface area contributed by atoms with Crippen LogP contribution in [0.15, 0.2) is 45.5 Å². The second-order valence-corrected chi connectivity index (χ2v) is 6.77. The molecule has 0 N–H and O–H groups in total. The van der Waals surface area contributed by atoms with Gasteiger partial charge in [0.15, 0.2) is 8.92 Å². The van der Waals surface area contributed by atoms with Crippen LogP contribution in [0, 0.1) is 11.8 Å². The summed E-state index contributed by atoms with van der Waals surface area (Å²) in [5.74, 6) is 5.87. The van der Waals surface area contributed by atoms with E-state index in [0.717, 1.165) is 14.5 Å². The number of aromatic nitrogens is 3. The lowest BCUT2D eigenvalue weighted by Gasteiger charge is -1.88. The molecule has 7 heteroatoms. The molecule has 0 saturated heterocycles. The van der Waals surface area contributed by atoms with Crippen molar-refractivity contribution >= 4 is 50.2 Å². The monoisotopic (exact) mass is 383 g/mol. The first-order valence-corrected chi connectivity index (χ1v) is 8.24. The average Bonchev–Trinajstić information content (AvgIpc) is 3.10. The molecule has 0 bridgehead atoms. The molecule has 3 aromatic rings. The maximum absolute atomic E-state index is 5.76. The summed E-state index contributed by atoms with van der Waals surface area (Å²) in [6, 6.07) is 1.77. The van der Waals surface area contributed by atoms with Crippen molar-refractivity contribution in [2.75, 3.05) is 0 Å². The van der Waals surface area contributed by atoms with E-state index in [4.69, 9.17) is 11.6 Å². The molecule has 0 unspecified atom stereocenters. The van der Waals surface area contributed by atoms with Crippen molar-refractivity contribution in [2.45, 2.75) is 0 Å². The van der Waals surface area contributed by atoms with Crippen molar-refractivity contribution in [3.8, 4) is 11.8 Å². The molecule has 100 valence electrons. The molecule has 0 amide bonds. The number of nitrogens with zero attached hydrogens (tertiary/aromatic N) is 3. The molecule has 3 aromatic heterocycles. The van der Waals surface area contributed by atoms with E-state index in [1.807, 2.05) is 10.8 Å². The van der Waals surface area contributed by atoms with Crippen LogP contribution in [0.25, 0.3) is 0 Å². The highest BCUT2D eigenvalue weighted by atomic mass is 79.9. The Kier molecular flexibility index (Phi) is 6.15. The fourth-order valence-corrected chi connectivity index (χ4v) is 2.55. The molecule has 0 saturated carbocycles. The number of hydrogen-bond acceptors (Lipinski definition) is 5. The zero-order valence-corrected chi connectivity index (χ0v) is 13.9. The van der Waals surface area contributed by atoms with E-state index in [9.17, 15) is 0 Å². The highest BCUT2D eigenvalue weighted by Gasteiger charge is 1.90. The fourth-order valence-electron chi connectivity index (χ4n) is 1.10. The minimum Gasteiger partial charge on any atom is -0.262 e. The number of thiazole rings is 2. The van der Waals surface area contributed by atoms with Gasteiger partial charge in [-0.15, -0.1) is 22.7 Å². The lowest BCUT2D eigenvalue weighted by molar-refractivity contribution is 1.31. The molecule has 0 aliphatic rings. The zero-order valence-electron chi connectivity index (χ0n) is 9.96. The Bertz CT molecular complexity index is 703. The fraction of sp³-hybridized carbons (Fsp3) is 0. The molecule has 3 rings (SSSR count). The van der Waals surface area contributed by atoms with Gasteiger partial charge in [0.1, 0.15) is 0 Å². The Morgan fingerprint density at radius 2 is 1.85 bits per heavy atom. The Labute approximate surface area is 137 Å². The molecular weight excluding hydrogens is 378 g/mol. The summed E-state index contributed by atoms with van der Waals surface area (Å²) in [6.45, 7) is 0. The van der Waals surface area contributed by atoms with Crippen LogP contribution in [-0.4, -0.2) is 15.0 Å². The van der Waals surface area contributed by atoms with Crippen molar-refractivity contribution < 1.29 is 0 Å². The third-order valence-corrected chi connectivity index (χ3v) is 4.07. The van der Waals surface area contributed by atoms with Gasteiger partial charge in [-0.05, 0) is 27.9 Å². The van der Waals surface area contributed by atoms with Crippen LogP contribution in [0.2, 0.25) is 5.02 Å². The van der Waals surface area contributed by atoms with E-state index in [1.165, 1.54) is 11.3 Å². The van der Waals surface area contributed by atoms with E-state index < -0.39 is 0 Å². The standard InChI is InChI=1S/C10H5ClN2S.C3H2BrNS/c11-9-5-8(6-12-7-9)1-2-10-13-3-4-14-10;4-3-5-1-2-6-3/h3-7H;1-2H. The predicted octanol–water partition coefficient (Wildman–Crippen LogP) is 4.50. The van der Waals surface area contributed by atoms with Crippen molar-refractivity contribution in [2.24, 2.45) is 0 Å². The molecule has 0 aliphatic heterocycles. The van der Waals surface area contributed by atoms with E-state index in [2.05, 4.69) is 42.7 Å². The van der Waals surface area contributed by atoms with Crippen LogP contribution >= 0.6 is 50.2 Å². The quantitative estimate of drug-likeness (QED) is 0.536. The summed E-state index contributed by atoms with van der Waals surface area (Å²) in [6.07, 6.45) is 6.74. The molecule has 20 heavy (non-hydrogen) atoms. The topological polar surface area (TPSA) is 38.7 Å². The van der Waals surface area contributed by atoms with Gasteiger partial charge < -0.3 is 0 Å². The summed E-state index contributed by atoms with van der Waals surface area (Å²) >= 11 is 12.0. The maximum atomic E-state index is 5.76. The molecular formula is C13H7BrClN3S2. The molecule has 3 nitrogen and oxygen atoms in total. The summed E-state index contributed by atoms with van der Waals surface area (Å²) < 4.78 is 0.947. The van der Waals surface area contributed by atoms with Crippen LogP contribution in [0.1, 0.15) is 10.6 Å². The molecule has 3 heterocycles. The first-order valence-electron chi connectivity index (χ1n) is 5.31. The van der Waals surface area contributed by atoms with Gasteiger partial charge in [0.05, 0.1) is 5.02 Å². The number of halogens is 2.